The van der Waals surface area contributed by atoms with Gasteiger partial charge in [-0.3, -0.25) is 9.59 Å². The van der Waals surface area contributed by atoms with Crippen molar-refractivity contribution >= 4 is 11.6 Å². The Kier molecular flexibility index (Phi) is 3.61. The van der Waals surface area contributed by atoms with Crippen LogP contribution in [0.1, 0.15) is 19.4 Å². The van der Waals surface area contributed by atoms with Gasteiger partial charge in [0.15, 0.2) is 0 Å². The Morgan fingerprint density at radius 3 is 2.33 bits per heavy atom. The number of phenols is 1. The summed E-state index contributed by atoms with van der Waals surface area (Å²) in [5.41, 5.74) is 0.797. The Hall–Kier alpha value is -1.64. The zero-order chi connectivity index (χ0) is 11.4. The van der Waals surface area contributed by atoms with E-state index in [1.807, 2.05) is 0 Å². The summed E-state index contributed by atoms with van der Waals surface area (Å²) in [6, 6.07) is 6.61. The molecule has 1 aromatic rings. The lowest BCUT2D eigenvalue weighted by Gasteiger charge is -2.09. The van der Waals surface area contributed by atoms with Crippen molar-refractivity contribution in [2.24, 2.45) is 5.92 Å². The minimum absolute atomic E-state index is 0.133. The molecule has 0 saturated carbocycles. The normalized spacial score (nSPS) is 10.3. The first kappa shape index (κ1) is 11.4. The van der Waals surface area contributed by atoms with Crippen LogP contribution in [0.4, 0.5) is 0 Å². The van der Waals surface area contributed by atoms with Crippen LogP contribution >= 0.6 is 0 Å². The third-order valence-electron chi connectivity index (χ3n) is 2.33. The number of aromatic hydroxyl groups is 1. The van der Waals surface area contributed by atoms with E-state index in [0.717, 1.165) is 5.56 Å². The molecule has 0 heterocycles. The van der Waals surface area contributed by atoms with Gasteiger partial charge in [0, 0.05) is 0 Å². The molecule has 0 aliphatic carbocycles. The van der Waals surface area contributed by atoms with Crippen molar-refractivity contribution in [2.45, 2.75) is 20.3 Å². The molecule has 0 radical (unpaired) electrons. The van der Waals surface area contributed by atoms with Crippen LogP contribution in [0.3, 0.4) is 0 Å². The van der Waals surface area contributed by atoms with Gasteiger partial charge < -0.3 is 5.11 Å². The quantitative estimate of drug-likeness (QED) is 0.763. The summed E-state index contributed by atoms with van der Waals surface area (Å²) >= 11 is 0. The second kappa shape index (κ2) is 4.73. The van der Waals surface area contributed by atoms with Crippen LogP contribution in [0.2, 0.25) is 0 Å². The first-order valence-corrected chi connectivity index (χ1v) is 4.79. The lowest BCUT2D eigenvalue weighted by molar-refractivity contribution is -0.130. The predicted molar refractivity (Wildman–Crippen MR) is 56.7 cm³/mol. The van der Waals surface area contributed by atoms with Gasteiger partial charge in [0.2, 0.25) is 0 Å². The fourth-order valence-corrected chi connectivity index (χ4v) is 1.49. The van der Waals surface area contributed by atoms with Crippen LogP contribution in [0.5, 0.6) is 5.75 Å². The van der Waals surface area contributed by atoms with E-state index in [4.69, 9.17) is 0 Å². The zero-order valence-corrected chi connectivity index (χ0v) is 8.86. The number of phenolic OH excluding ortho intramolecular Hbond substituents is 1. The standard InChI is InChI=1S/C12H14O3/c1-8(13)12(9(2)14)7-10-4-3-5-11(15)6-10/h3-6,12,15H,7H2,1-2H3. The van der Waals surface area contributed by atoms with E-state index in [1.54, 1.807) is 24.3 Å². The van der Waals surface area contributed by atoms with Crippen molar-refractivity contribution in [1.82, 2.24) is 0 Å². The van der Waals surface area contributed by atoms with E-state index >= 15 is 0 Å². The van der Waals surface area contributed by atoms with Crippen LogP contribution < -0.4 is 0 Å². The van der Waals surface area contributed by atoms with E-state index < -0.39 is 5.92 Å². The maximum absolute atomic E-state index is 11.2. The molecule has 0 atom stereocenters. The average Bonchev–Trinajstić information content (AvgIpc) is 2.13. The highest BCUT2D eigenvalue weighted by atomic mass is 16.3. The average molecular weight is 206 g/mol. The van der Waals surface area contributed by atoms with E-state index in [-0.39, 0.29) is 17.3 Å². The Morgan fingerprint density at radius 1 is 1.27 bits per heavy atom. The molecule has 0 amide bonds. The second-order valence-electron chi connectivity index (χ2n) is 3.65. The fraction of sp³-hybridized carbons (Fsp3) is 0.333. The molecule has 0 spiro atoms. The molecule has 0 bridgehead atoms. The SMILES string of the molecule is CC(=O)C(Cc1cccc(O)c1)C(C)=O. The maximum atomic E-state index is 11.2. The fourth-order valence-electron chi connectivity index (χ4n) is 1.49. The molecule has 0 saturated heterocycles. The highest BCUT2D eigenvalue weighted by Crippen LogP contribution is 2.16. The van der Waals surface area contributed by atoms with Crippen molar-refractivity contribution in [2.75, 3.05) is 0 Å². The monoisotopic (exact) mass is 206 g/mol. The van der Waals surface area contributed by atoms with Crippen molar-refractivity contribution in [1.29, 1.82) is 0 Å². The third-order valence-corrected chi connectivity index (χ3v) is 2.33. The van der Waals surface area contributed by atoms with Crippen molar-refractivity contribution in [3.8, 4) is 5.75 Å². The molecule has 0 unspecified atom stereocenters. The summed E-state index contributed by atoms with van der Waals surface area (Å²) < 4.78 is 0. The van der Waals surface area contributed by atoms with Crippen molar-refractivity contribution < 1.29 is 14.7 Å². The van der Waals surface area contributed by atoms with Crippen LogP contribution in [0, 0.1) is 5.92 Å². The Morgan fingerprint density at radius 2 is 1.87 bits per heavy atom. The topological polar surface area (TPSA) is 54.4 Å². The van der Waals surface area contributed by atoms with Gasteiger partial charge in [0.25, 0.3) is 0 Å². The molecule has 1 N–H and O–H groups in total. The maximum Gasteiger partial charge on any atom is 0.140 e. The van der Waals surface area contributed by atoms with Gasteiger partial charge >= 0.3 is 0 Å². The molecule has 0 fully saturated rings. The van der Waals surface area contributed by atoms with E-state index in [0.29, 0.717) is 6.42 Å². The first-order chi connectivity index (χ1) is 7.00. The second-order valence-corrected chi connectivity index (χ2v) is 3.65. The molecule has 80 valence electrons. The minimum atomic E-state index is -0.591. The molecular weight excluding hydrogens is 192 g/mol. The van der Waals surface area contributed by atoms with Gasteiger partial charge in [-0.1, -0.05) is 12.1 Å². The van der Waals surface area contributed by atoms with E-state index in [1.165, 1.54) is 13.8 Å². The number of rotatable bonds is 4. The number of carbonyl (C=O) groups is 2. The summed E-state index contributed by atoms with van der Waals surface area (Å²) in [7, 11) is 0. The Labute approximate surface area is 88.7 Å². The molecule has 0 aliphatic heterocycles. The number of hydrogen-bond donors (Lipinski definition) is 1. The molecule has 1 aromatic carbocycles. The van der Waals surface area contributed by atoms with Gasteiger partial charge in [-0.15, -0.1) is 0 Å². The van der Waals surface area contributed by atoms with E-state index in [2.05, 4.69) is 0 Å². The molecule has 3 nitrogen and oxygen atoms in total. The van der Waals surface area contributed by atoms with Gasteiger partial charge in [0.1, 0.15) is 17.3 Å². The summed E-state index contributed by atoms with van der Waals surface area (Å²) in [4.78, 5) is 22.4. The van der Waals surface area contributed by atoms with Gasteiger partial charge in [-0.05, 0) is 38.0 Å². The lowest BCUT2D eigenvalue weighted by Crippen LogP contribution is -2.21. The smallest absolute Gasteiger partial charge is 0.140 e. The highest BCUT2D eigenvalue weighted by molar-refractivity contribution is 6.00. The zero-order valence-electron chi connectivity index (χ0n) is 8.86. The summed E-state index contributed by atoms with van der Waals surface area (Å²) in [5, 5.41) is 9.23. The molecule has 15 heavy (non-hydrogen) atoms. The van der Waals surface area contributed by atoms with Crippen molar-refractivity contribution in [3.05, 3.63) is 29.8 Å². The van der Waals surface area contributed by atoms with Crippen LogP contribution in [0.15, 0.2) is 24.3 Å². The van der Waals surface area contributed by atoms with Crippen LogP contribution in [0.25, 0.3) is 0 Å². The number of benzene rings is 1. The van der Waals surface area contributed by atoms with Gasteiger partial charge in [-0.25, -0.2) is 0 Å². The predicted octanol–water partition coefficient (Wildman–Crippen LogP) is 1.73. The minimum Gasteiger partial charge on any atom is -0.508 e. The third kappa shape index (κ3) is 3.20. The molecule has 0 aromatic heterocycles. The summed E-state index contributed by atoms with van der Waals surface area (Å²) in [6.07, 6.45) is 0.360. The highest BCUT2D eigenvalue weighted by Gasteiger charge is 2.19. The number of Topliss-reactive ketones (excluding diaryl/α,β-unsaturated/α-hetero) is 2. The summed E-state index contributed by atoms with van der Waals surface area (Å²) in [6.45, 7) is 2.82. The number of hydrogen-bond acceptors (Lipinski definition) is 3. The van der Waals surface area contributed by atoms with Gasteiger partial charge in [0.05, 0.1) is 5.92 Å². The lowest BCUT2D eigenvalue weighted by atomic mass is 9.93. The van der Waals surface area contributed by atoms with Gasteiger partial charge in [-0.2, -0.15) is 0 Å². The molecule has 0 aliphatic rings. The Balaban J connectivity index is 2.83. The number of ketones is 2. The summed E-state index contributed by atoms with van der Waals surface area (Å²) in [5.74, 6) is -0.707. The number of carbonyl (C=O) groups excluding carboxylic acids is 2. The van der Waals surface area contributed by atoms with E-state index in [9.17, 15) is 14.7 Å². The van der Waals surface area contributed by atoms with Crippen LogP contribution in [-0.2, 0) is 16.0 Å². The van der Waals surface area contributed by atoms with Crippen LogP contribution in [-0.4, -0.2) is 16.7 Å². The van der Waals surface area contributed by atoms with Crippen molar-refractivity contribution in [3.63, 3.8) is 0 Å². The largest absolute Gasteiger partial charge is 0.508 e. The first-order valence-electron chi connectivity index (χ1n) is 4.79. The molecule has 1 rings (SSSR count). The molecule has 3 heteroatoms. The molecular formula is C12H14O3. The Bertz CT molecular complexity index is 368.